The summed E-state index contributed by atoms with van der Waals surface area (Å²) in [6, 6.07) is 9.10. The predicted octanol–water partition coefficient (Wildman–Crippen LogP) is 3.07. The minimum absolute atomic E-state index is 0.293. The Labute approximate surface area is 140 Å². The molecule has 7 heteroatoms. The van der Waals surface area contributed by atoms with Gasteiger partial charge in [-0.3, -0.25) is 4.21 Å². The lowest BCUT2D eigenvalue weighted by atomic mass is 10.3. The van der Waals surface area contributed by atoms with Gasteiger partial charge in [0.05, 0.1) is 32.2 Å². The largest absolute Gasteiger partial charge is 0.486 e. The van der Waals surface area contributed by atoms with Crippen LogP contribution >= 0.6 is 11.6 Å². The van der Waals surface area contributed by atoms with Crippen molar-refractivity contribution in [3.63, 3.8) is 0 Å². The van der Waals surface area contributed by atoms with E-state index in [1.165, 1.54) is 0 Å². The van der Waals surface area contributed by atoms with Crippen LogP contribution in [0.25, 0.3) is 5.65 Å². The molecule has 0 spiro atoms. The van der Waals surface area contributed by atoms with Crippen molar-refractivity contribution in [1.82, 2.24) is 9.38 Å². The third-order valence-electron chi connectivity index (χ3n) is 3.53. The lowest BCUT2D eigenvalue weighted by Crippen LogP contribution is -2.15. The molecule has 0 saturated heterocycles. The first-order valence-electron chi connectivity index (χ1n) is 7.11. The molecule has 0 fully saturated rings. The Morgan fingerprint density at radius 3 is 2.78 bits per heavy atom. The fourth-order valence-electron chi connectivity index (χ4n) is 2.49. The highest BCUT2D eigenvalue weighted by atomic mass is 35.5. The molecule has 3 heterocycles. The van der Waals surface area contributed by atoms with Crippen LogP contribution in [0.15, 0.2) is 47.6 Å². The SMILES string of the molecule is O=[S@@](Cc1cn2ccccc2n1)c1cc2c(cc1Cl)OCCO2. The molecular weight excluding hydrogens is 336 g/mol. The highest BCUT2D eigenvalue weighted by Crippen LogP contribution is 2.37. The number of benzene rings is 1. The molecule has 5 nitrogen and oxygen atoms in total. The summed E-state index contributed by atoms with van der Waals surface area (Å²) in [7, 11) is -1.31. The summed E-state index contributed by atoms with van der Waals surface area (Å²) in [5.74, 6) is 1.47. The molecule has 0 bridgehead atoms. The number of ether oxygens (including phenoxy) is 2. The van der Waals surface area contributed by atoms with E-state index in [9.17, 15) is 4.21 Å². The van der Waals surface area contributed by atoms with E-state index in [2.05, 4.69) is 4.98 Å². The highest BCUT2D eigenvalue weighted by molar-refractivity contribution is 7.84. The lowest BCUT2D eigenvalue weighted by molar-refractivity contribution is 0.171. The minimum Gasteiger partial charge on any atom is -0.486 e. The second-order valence-electron chi connectivity index (χ2n) is 5.11. The Hall–Kier alpha value is -2.05. The van der Waals surface area contributed by atoms with Gasteiger partial charge in [-0.05, 0) is 12.1 Å². The molecule has 1 aliphatic heterocycles. The van der Waals surface area contributed by atoms with Crippen LogP contribution in [-0.4, -0.2) is 26.8 Å². The van der Waals surface area contributed by atoms with E-state index in [1.807, 2.05) is 35.0 Å². The van der Waals surface area contributed by atoms with Crippen molar-refractivity contribution >= 4 is 28.0 Å². The Bertz CT molecular complexity index is 876. The fraction of sp³-hybridized carbons (Fsp3) is 0.188. The van der Waals surface area contributed by atoms with Gasteiger partial charge in [-0.2, -0.15) is 0 Å². The average Bonchev–Trinajstić information content (AvgIpc) is 2.96. The van der Waals surface area contributed by atoms with Crippen molar-refractivity contribution in [3.8, 4) is 11.5 Å². The molecule has 1 aromatic carbocycles. The number of rotatable bonds is 3. The standard InChI is InChI=1S/C16H13ClN2O3S/c17-12-7-13-14(22-6-5-21-13)8-15(12)23(20)10-11-9-19-4-2-1-3-16(19)18-11/h1-4,7-9H,5-6,10H2/t23-/m0/s1. The Morgan fingerprint density at radius 2 is 2.00 bits per heavy atom. The first-order valence-corrected chi connectivity index (χ1v) is 8.80. The summed E-state index contributed by atoms with van der Waals surface area (Å²) in [4.78, 5) is 5.00. The van der Waals surface area contributed by atoms with E-state index >= 15 is 0 Å². The predicted molar refractivity (Wildman–Crippen MR) is 87.7 cm³/mol. The first-order chi connectivity index (χ1) is 11.2. The topological polar surface area (TPSA) is 52.8 Å². The number of aromatic nitrogens is 2. The molecular formula is C16H13ClN2O3S. The number of halogens is 1. The molecule has 0 aliphatic carbocycles. The molecule has 1 aliphatic rings. The second kappa shape index (κ2) is 5.86. The van der Waals surface area contributed by atoms with E-state index in [-0.39, 0.29) is 0 Å². The molecule has 1 atom stereocenters. The number of pyridine rings is 1. The molecule has 0 amide bonds. The maximum atomic E-state index is 12.7. The summed E-state index contributed by atoms with van der Waals surface area (Å²) < 4.78 is 25.6. The summed E-state index contributed by atoms with van der Waals surface area (Å²) >= 11 is 6.25. The van der Waals surface area contributed by atoms with Gasteiger partial charge in [0.25, 0.3) is 0 Å². The van der Waals surface area contributed by atoms with Crippen molar-refractivity contribution in [1.29, 1.82) is 0 Å². The van der Waals surface area contributed by atoms with Gasteiger partial charge in [-0.15, -0.1) is 0 Å². The van der Waals surface area contributed by atoms with Crippen LogP contribution in [0.3, 0.4) is 0 Å². The van der Waals surface area contributed by atoms with Crippen LogP contribution in [0.5, 0.6) is 11.5 Å². The van der Waals surface area contributed by atoms with Gasteiger partial charge in [-0.1, -0.05) is 17.7 Å². The molecule has 0 N–H and O–H groups in total. The van der Waals surface area contributed by atoms with Crippen LogP contribution in [0, 0.1) is 0 Å². The zero-order chi connectivity index (χ0) is 15.8. The number of imidazole rings is 1. The average molecular weight is 349 g/mol. The van der Waals surface area contributed by atoms with Gasteiger partial charge in [0, 0.05) is 24.5 Å². The minimum atomic E-state index is -1.31. The molecule has 0 unspecified atom stereocenters. The van der Waals surface area contributed by atoms with Crippen LogP contribution < -0.4 is 9.47 Å². The smallest absolute Gasteiger partial charge is 0.162 e. The monoisotopic (exact) mass is 348 g/mol. The van der Waals surface area contributed by atoms with Gasteiger partial charge in [0.1, 0.15) is 18.9 Å². The van der Waals surface area contributed by atoms with E-state index in [4.69, 9.17) is 21.1 Å². The molecule has 118 valence electrons. The van der Waals surface area contributed by atoms with Crippen molar-refractivity contribution in [2.75, 3.05) is 13.2 Å². The van der Waals surface area contributed by atoms with Crippen LogP contribution in [-0.2, 0) is 16.6 Å². The molecule has 3 aromatic rings. The quantitative estimate of drug-likeness (QED) is 0.730. The molecule has 23 heavy (non-hydrogen) atoms. The van der Waals surface area contributed by atoms with E-state index in [0.717, 1.165) is 11.3 Å². The number of nitrogens with zero attached hydrogens (tertiary/aromatic N) is 2. The third kappa shape index (κ3) is 2.80. The Kier molecular flexibility index (Phi) is 3.71. The number of hydrogen-bond donors (Lipinski definition) is 0. The maximum absolute atomic E-state index is 12.7. The lowest BCUT2D eigenvalue weighted by Gasteiger charge is -2.19. The van der Waals surface area contributed by atoms with E-state index < -0.39 is 10.8 Å². The first kappa shape index (κ1) is 14.5. The van der Waals surface area contributed by atoms with Gasteiger partial charge in [-0.25, -0.2) is 4.98 Å². The van der Waals surface area contributed by atoms with E-state index in [0.29, 0.717) is 40.4 Å². The summed E-state index contributed by atoms with van der Waals surface area (Å²) in [5, 5.41) is 0.413. The number of hydrogen-bond acceptors (Lipinski definition) is 4. The van der Waals surface area contributed by atoms with Crippen LogP contribution in [0.1, 0.15) is 5.69 Å². The highest BCUT2D eigenvalue weighted by Gasteiger charge is 2.19. The van der Waals surface area contributed by atoms with Gasteiger partial charge in [0.2, 0.25) is 0 Å². The zero-order valence-corrected chi connectivity index (χ0v) is 13.6. The van der Waals surface area contributed by atoms with Gasteiger partial charge in [0.15, 0.2) is 11.5 Å². The second-order valence-corrected chi connectivity index (χ2v) is 6.94. The van der Waals surface area contributed by atoms with E-state index in [1.54, 1.807) is 12.1 Å². The molecule has 0 radical (unpaired) electrons. The maximum Gasteiger partial charge on any atom is 0.162 e. The van der Waals surface area contributed by atoms with Crippen molar-refractivity contribution < 1.29 is 13.7 Å². The zero-order valence-electron chi connectivity index (χ0n) is 12.1. The van der Waals surface area contributed by atoms with Crippen molar-refractivity contribution in [2.24, 2.45) is 0 Å². The van der Waals surface area contributed by atoms with Gasteiger partial charge >= 0.3 is 0 Å². The van der Waals surface area contributed by atoms with Crippen molar-refractivity contribution in [2.45, 2.75) is 10.6 Å². The fourth-order valence-corrected chi connectivity index (χ4v) is 3.98. The summed E-state index contributed by atoms with van der Waals surface area (Å²) in [5.41, 5.74) is 1.58. The normalized spacial score (nSPS) is 14.8. The summed E-state index contributed by atoms with van der Waals surface area (Å²) in [6.07, 6.45) is 3.78. The summed E-state index contributed by atoms with van der Waals surface area (Å²) in [6.45, 7) is 0.972. The Morgan fingerprint density at radius 1 is 1.22 bits per heavy atom. The number of fused-ring (bicyclic) bond motifs is 2. The molecule has 2 aromatic heterocycles. The van der Waals surface area contributed by atoms with Crippen LogP contribution in [0.4, 0.5) is 0 Å². The molecule has 4 rings (SSSR count). The third-order valence-corrected chi connectivity index (χ3v) is 5.35. The van der Waals surface area contributed by atoms with Gasteiger partial charge < -0.3 is 13.9 Å². The Balaban J connectivity index is 1.63. The van der Waals surface area contributed by atoms with Crippen LogP contribution in [0.2, 0.25) is 5.02 Å². The molecule has 0 saturated carbocycles. The van der Waals surface area contributed by atoms with Crippen molar-refractivity contribution in [3.05, 3.63) is 53.4 Å².